The van der Waals surface area contributed by atoms with Crippen molar-refractivity contribution in [3.63, 3.8) is 0 Å². The number of hydrogen-bond donors (Lipinski definition) is 1. The fourth-order valence-electron chi connectivity index (χ4n) is 5.70. The predicted octanol–water partition coefficient (Wildman–Crippen LogP) is 3.12. The van der Waals surface area contributed by atoms with Gasteiger partial charge in [-0.25, -0.2) is 4.98 Å². The highest BCUT2D eigenvalue weighted by molar-refractivity contribution is 5.07. The fourth-order valence-corrected chi connectivity index (χ4v) is 5.70. The third-order valence-corrected chi connectivity index (χ3v) is 6.28. The van der Waals surface area contributed by atoms with Crippen molar-refractivity contribution in [3.8, 4) is 0 Å². The Morgan fingerprint density at radius 2 is 1.84 bits per heavy atom. The molecule has 4 aliphatic carbocycles. The van der Waals surface area contributed by atoms with Crippen LogP contribution in [0.3, 0.4) is 0 Å². The van der Waals surface area contributed by atoms with E-state index in [4.69, 9.17) is 5.73 Å². The summed E-state index contributed by atoms with van der Waals surface area (Å²) in [5, 5.41) is 0. The van der Waals surface area contributed by atoms with Crippen molar-refractivity contribution in [2.24, 2.45) is 28.9 Å². The first-order chi connectivity index (χ1) is 9.18. The van der Waals surface area contributed by atoms with E-state index in [9.17, 15) is 0 Å². The zero-order valence-electron chi connectivity index (χ0n) is 11.9. The van der Waals surface area contributed by atoms with Gasteiger partial charge in [0.1, 0.15) is 0 Å². The van der Waals surface area contributed by atoms with Crippen LogP contribution in [0.4, 0.5) is 0 Å². The van der Waals surface area contributed by atoms with Gasteiger partial charge in [0.05, 0.1) is 12.0 Å². The normalized spacial score (nSPS) is 41.7. The molecular weight excluding hydrogens is 234 g/mol. The summed E-state index contributed by atoms with van der Waals surface area (Å²) in [5.41, 5.74) is 7.28. The summed E-state index contributed by atoms with van der Waals surface area (Å²) in [7, 11) is 0. The lowest BCUT2D eigenvalue weighted by Crippen LogP contribution is -2.49. The van der Waals surface area contributed by atoms with Gasteiger partial charge in [0, 0.05) is 18.8 Å². The molecule has 3 nitrogen and oxygen atoms in total. The van der Waals surface area contributed by atoms with E-state index in [1.165, 1.54) is 38.5 Å². The highest BCUT2D eigenvalue weighted by Gasteiger charge is 2.53. The molecule has 19 heavy (non-hydrogen) atoms. The molecule has 1 aromatic heterocycles. The fraction of sp³-hybridized carbons (Fsp3) is 0.812. The van der Waals surface area contributed by atoms with E-state index in [1.54, 1.807) is 0 Å². The van der Waals surface area contributed by atoms with Crippen LogP contribution in [0, 0.1) is 23.2 Å². The maximum atomic E-state index is 5.69. The molecule has 4 bridgehead atoms. The van der Waals surface area contributed by atoms with Crippen molar-refractivity contribution in [2.45, 2.75) is 58.0 Å². The minimum Gasteiger partial charge on any atom is -0.334 e. The van der Waals surface area contributed by atoms with E-state index in [0.29, 0.717) is 18.0 Å². The Kier molecular flexibility index (Phi) is 2.57. The van der Waals surface area contributed by atoms with Crippen LogP contribution in [0.15, 0.2) is 12.5 Å². The van der Waals surface area contributed by atoms with Crippen LogP contribution < -0.4 is 5.73 Å². The number of nitrogens with zero attached hydrogens (tertiary/aromatic N) is 2. The van der Waals surface area contributed by atoms with E-state index >= 15 is 0 Å². The molecule has 0 spiro atoms. The van der Waals surface area contributed by atoms with Crippen LogP contribution in [-0.2, 0) is 6.54 Å². The maximum absolute atomic E-state index is 5.69. The molecular formula is C16H25N3. The monoisotopic (exact) mass is 259 g/mol. The van der Waals surface area contributed by atoms with Crippen molar-refractivity contribution >= 4 is 0 Å². The predicted molar refractivity (Wildman–Crippen MR) is 75.4 cm³/mol. The minimum atomic E-state index is 0.556. The van der Waals surface area contributed by atoms with Crippen molar-refractivity contribution in [3.05, 3.63) is 18.2 Å². The molecule has 1 atom stereocenters. The third kappa shape index (κ3) is 1.78. The maximum Gasteiger partial charge on any atom is 0.0952 e. The molecule has 4 fully saturated rings. The van der Waals surface area contributed by atoms with Crippen molar-refractivity contribution in [2.75, 3.05) is 0 Å². The molecule has 0 aliphatic heterocycles. The van der Waals surface area contributed by atoms with Gasteiger partial charge in [-0.1, -0.05) is 0 Å². The Hall–Kier alpha value is -0.830. The van der Waals surface area contributed by atoms with Gasteiger partial charge in [-0.3, -0.25) is 0 Å². The summed E-state index contributed by atoms with van der Waals surface area (Å²) < 4.78 is 2.34. The lowest BCUT2D eigenvalue weighted by Gasteiger charge is -2.59. The third-order valence-electron chi connectivity index (χ3n) is 6.28. The summed E-state index contributed by atoms with van der Waals surface area (Å²) in [6, 6.07) is 0.591. The minimum absolute atomic E-state index is 0.556. The summed E-state index contributed by atoms with van der Waals surface area (Å²) in [6.07, 6.45) is 13.1. The van der Waals surface area contributed by atoms with Crippen LogP contribution >= 0.6 is 0 Å². The van der Waals surface area contributed by atoms with Crippen LogP contribution in [0.25, 0.3) is 0 Å². The van der Waals surface area contributed by atoms with Gasteiger partial charge < -0.3 is 10.3 Å². The highest BCUT2D eigenvalue weighted by atomic mass is 15.1. The lowest BCUT2D eigenvalue weighted by atomic mass is 9.48. The molecule has 5 rings (SSSR count). The Balaban J connectivity index is 1.63. The van der Waals surface area contributed by atoms with Crippen molar-refractivity contribution < 1.29 is 0 Å². The standard InChI is InChI=1S/C16H25N3/c1-11(19-9-15(8-17)18-10-19)16-5-12-2-13(6-16)4-14(3-12)7-16/h9-14H,2-8,17H2,1H3. The van der Waals surface area contributed by atoms with Gasteiger partial charge in [-0.05, 0) is 68.6 Å². The topological polar surface area (TPSA) is 43.8 Å². The quantitative estimate of drug-likeness (QED) is 0.906. The second-order valence-corrected chi connectivity index (χ2v) is 7.47. The molecule has 104 valence electrons. The van der Waals surface area contributed by atoms with E-state index in [1.807, 2.05) is 6.33 Å². The number of hydrogen-bond acceptors (Lipinski definition) is 2. The molecule has 4 saturated carbocycles. The molecule has 3 heteroatoms. The highest BCUT2D eigenvalue weighted by Crippen LogP contribution is 2.63. The molecule has 0 saturated heterocycles. The van der Waals surface area contributed by atoms with Crippen molar-refractivity contribution in [1.82, 2.24) is 9.55 Å². The van der Waals surface area contributed by atoms with Gasteiger partial charge in [0.15, 0.2) is 0 Å². The van der Waals surface area contributed by atoms with E-state index in [-0.39, 0.29) is 0 Å². The van der Waals surface area contributed by atoms with Crippen molar-refractivity contribution in [1.29, 1.82) is 0 Å². The van der Waals surface area contributed by atoms with Gasteiger partial charge in [-0.15, -0.1) is 0 Å². The zero-order chi connectivity index (χ0) is 13.0. The van der Waals surface area contributed by atoms with E-state index < -0.39 is 0 Å². The van der Waals surface area contributed by atoms with Gasteiger partial charge >= 0.3 is 0 Å². The van der Waals surface area contributed by atoms with E-state index in [0.717, 1.165) is 23.4 Å². The number of rotatable bonds is 3. The SMILES string of the molecule is CC(n1cnc(CN)c1)C12CC3CC(CC(C3)C1)C2. The number of imidazole rings is 1. The summed E-state index contributed by atoms with van der Waals surface area (Å²) in [4.78, 5) is 4.42. The van der Waals surface area contributed by atoms with Crippen LogP contribution in [-0.4, -0.2) is 9.55 Å². The Morgan fingerprint density at radius 1 is 1.26 bits per heavy atom. The van der Waals surface area contributed by atoms with Gasteiger partial charge in [0.25, 0.3) is 0 Å². The smallest absolute Gasteiger partial charge is 0.0952 e. The van der Waals surface area contributed by atoms with Gasteiger partial charge in [-0.2, -0.15) is 0 Å². The number of nitrogens with two attached hydrogens (primary N) is 1. The first-order valence-corrected chi connectivity index (χ1v) is 7.91. The molecule has 0 radical (unpaired) electrons. The van der Waals surface area contributed by atoms with Crippen LogP contribution in [0.2, 0.25) is 0 Å². The first-order valence-electron chi connectivity index (χ1n) is 7.91. The number of aromatic nitrogens is 2. The summed E-state index contributed by atoms with van der Waals surface area (Å²) in [5.74, 6) is 3.06. The molecule has 4 aliphatic rings. The molecule has 0 aromatic carbocycles. The molecule has 2 N–H and O–H groups in total. The Morgan fingerprint density at radius 3 is 2.32 bits per heavy atom. The first kappa shape index (κ1) is 12.0. The Bertz CT molecular complexity index is 441. The van der Waals surface area contributed by atoms with Gasteiger partial charge in [0.2, 0.25) is 0 Å². The van der Waals surface area contributed by atoms with E-state index in [2.05, 4.69) is 22.7 Å². The summed E-state index contributed by atoms with van der Waals surface area (Å²) in [6.45, 7) is 2.97. The summed E-state index contributed by atoms with van der Waals surface area (Å²) >= 11 is 0. The average Bonchev–Trinajstić information content (AvgIpc) is 2.84. The zero-order valence-corrected chi connectivity index (χ0v) is 11.9. The largest absolute Gasteiger partial charge is 0.334 e. The molecule has 0 amide bonds. The second kappa shape index (κ2) is 4.08. The Labute approximate surface area is 115 Å². The molecule has 1 heterocycles. The van der Waals surface area contributed by atoms with Crippen LogP contribution in [0.5, 0.6) is 0 Å². The molecule has 1 aromatic rings. The van der Waals surface area contributed by atoms with Crippen LogP contribution in [0.1, 0.15) is 57.2 Å². The average molecular weight is 259 g/mol. The molecule has 1 unspecified atom stereocenters. The lowest BCUT2D eigenvalue weighted by molar-refractivity contribution is -0.0788. The second-order valence-electron chi connectivity index (χ2n) is 7.47.